The van der Waals surface area contributed by atoms with Crippen molar-refractivity contribution in [3.8, 4) is 17.2 Å². The Morgan fingerprint density at radius 3 is 2.64 bits per heavy atom. The Morgan fingerprint density at radius 1 is 1.12 bits per heavy atom. The molecule has 2 aromatic carbocycles. The number of benzene rings is 2. The third-order valence-electron chi connectivity index (χ3n) is 3.52. The zero-order valence-electron chi connectivity index (χ0n) is 13.4. The number of anilines is 1. The molecule has 1 N–H and O–H groups in total. The van der Waals surface area contributed by atoms with Gasteiger partial charge in [0.2, 0.25) is 5.91 Å². The van der Waals surface area contributed by atoms with Gasteiger partial charge in [-0.1, -0.05) is 22.0 Å². The molecule has 0 unspecified atom stereocenters. The molecule has 1 aliphatic rings. The monoisotopic (exact) mass is 469 g/mol. The number of nitrogens with one attached hydrogen (secondary N) is 1. The Balaban J connectivity index is 1.48. The van der Waals surface area contributed by atoms with E-state index in [9.17, 15) is 4.79 Å². The molecule has 1 heterocycles. The van der Waals surface area contributed by atoms with Gasteiger partial charge in [-0.25, -0.2) is 0 Å². The van der Waals surface area contributed by atoms with Crippen LogP contribution in [-0.4, -0.2) is 25.7 Å². The third kappa shape index (κ3) is 5.12. The van der Waals surface area contributed by atoms with Crippen molar-refractivity contribution < 1.29 is 19.0 Å². The number of ether oxygens (including phenoxy) is 3. The van der Waals surface area contributed by atoms with Gasteiger partial charge in [-0.2, -0.15) is 0 Å². The van der Waals surface area contributed by atoms with Crippen LogP contribution < -0.4 is 19.5 Å². The van der Waals surface area contributed by atoms with Crippen LogP contribution in [0, 0.1) is 0 Å². The molecule has 25 heavy (non-hydrogen) atoms. The number of hydrogen-bond donors (Lipinski definition) is 1. The van der Waals surface area contributed by atoms with Gasteiger partial charge in [0.1, 0.15) is 19.0 Å². The van der Waals surface area contributed by atoms with E-state index in [0.29, 0.717) is 49.8 Å². The van der Waals surface area contributed by atoms with E-state index >= 15 is 0 Å². The Kier molecular flexibility index (Phi) is 6.20. The smallest absolute Gasteiger partial charge is 0.224 e. The number of hydrogen-bond acceptors (Lipinski definition) is 4. The second-order valence-electron chi connectivity index (χ2n) is 5.43. The summed E-state index contributed by atoms with van der Waals surface area (Å²) in [5, 5.41) is 2.88. The number of carbonyl (C=O) groups excluding carboxylic acids is 1. The van der Waals surface area contributed by atoms with Gasteiger partial charge in [-0.3, -0.25) is 4.79 Å². The number of fused-ring (bicyclic) bond motifs is 1. The molecule has 0 aliphatic carbocycles. The standard InChI is InChI=1S/C18H17Br2NO4/c19-12-3-1-4-13(9-12)23-6-2-5-18(22)21-15-11-17-16(10-14(15)20)24-7-8-25-17/h1,3-4,9-11H,2,5-8H2,(H,21,22). The van der Waals surface area contributed by atoms with Gasteiger partial charge < -0.3 is 19.5 Å². The summed E-state index contributed by atoms with van der Waals surface area (Å²) in [5.41, 5.74) is 0.669. The molecule has 0 bridgehead atoms. The fraction of sp³-hybridized carbons (Fsp3) is 0.278. The highest BCUT2D eigenvalue weighted by molar-refractivity contribution is 9.10. The Labute approximate surface area is 162 Å². The molecule has 0 saturated carbocycles. The van der Waals surface area contributed by atoms with Crippen LogP contribution in [0.3, 0.4) is 0 Å². The van der Waals surface area contributed by atoms with Crippen LogP contribution >= 0.6 is 31.9 Å². The number of carbonyl (C=O) groups is 1. The van der Waals surface area contributed by atoms with Crippen LogP contribution in [0.1, 0.15) is 12.8 Å². The van der Waals surface area contributed by atoms with Crippen molar-refractivity contribution in [2.75, 3.05) is 25.1 Å². The molecule has 0 saturated heterocycles. The minimum absolute atomic E-state index is 0.0739. The summed E-state index contributed by atoms with van der Waals surface area (Å²) in [4.78, 5) is 12.1. The lowest BCUT2D eigenvalue weighted by atomic mass is 10.2. The lowest BCUT2D eigenvalue weighted by Crippen LogP contribution is -2.17. The van der Waals surface area contributed by atoms with Gasteiger partial charge in [0, 0.05) is 27.5 Å². The molecule has 2 aromatic rings. The molecule has 3 rings (SSSR count). The highest BCUT2D eigenvalue weighted by Gasteiger charge is 2.16. The molecule has 5 nitrogen and oxygen atoms in total. The largest absolute Gasteiger partial charge is 0.494 e. The average molecular weight is 471 g/mol. The Bertz CT molecular complexity index is 767. The zero-order chi connectivity index (χ0) is 17.6. The van der Waals surface area contributed by atoms with Crippen LogP contribution in [0.4, 0.5) is 5.69 Å². The van der Waals surface area contributed by atoms with E-state index in [1.165, 1.54) is 0 Å². The summed E-state index contributed by atoms with van der Waals surface area (Å²) in [6, 6.07) is 11.2. The van der Waals surface area contributed by atoms with E-state index in [1.807, 2.05) is 24.3 Å². The van der Waals surface area contributed by atoms with Crippen molar-refractivity contribution in [1.29, 1.82) is 0 Å². The molecule has 0 spiro atoms. The molecular weight excluding hydrogens is 454 g/mol. The van der Waals surface area contributed by atoms with Crippen LogP contribution in [0.15, 0.2) is 45.3 Å². The van der Waals surface area contributed by atoms with Crippen LogP contribution in [-0.2, 0) is 4.79 Å². The maximum atomic E-state index is 12.1. The fourth-order valence-corrected chi connectivity index (χ4v) is 3.15. The van der Waals surface area contributed by atoms with Gasteiger partial charge in [-0.15, -0.1) is 0 Å². The molecule has 1 aliphatic heterocycles. The molecule has 1 amide bonds. The van der Waals surface area contributed by atoms with Crippen molar-refractivity contribution in [3.05, 3.63) is 45.3 Å². The maximum Gasteiger partial charge on any atom is 0.224 e. The molecule has 132 valence electrons. The first-order valence-corrected chi connectivity index (χ1v) is 9.48. The van der Waals surface area contributed by atoms with Crippen molar-refractivity contribution >= 4 is 43.5 Å². The van der Waals surface area contributed by atoms with Crippen molar-refractivity contribution in [2.24, 2.45) is 0 Å². The average Bonchev–Trinajstić information content (AvgIpc) is 2.59. The first kappa shape index (κ1) is 18.1. The number of halogens is 2. The Hall–Kier alpha value is -1.73. The van der Waals surface area contributed by atoms with Crippen molar-refractivity contribution in [3.63, 3.8) is 0 Å². The molecule has 0 radical (unpaired) electrons. The number of rotatable bonds is 6. The van der Waals surface area contributed by atoms with Crippen LogP contribution in [0.5, 0.6) is 17.2 Å². The summed E-state index contributed by atoms with van der Waals surface area (Å²) in [6.07, 6.45) is 0.995. The topological polar surface area (TPSA) is 56.8 Å². The fourth-order valence-electron chi connectivity index (χ4n) is 2.35. The second kappa shape index (κ2) is 8.58. The summed E-state index contributed by atoms with van der Waals surface area (Å²) < 4.78 is 18.4. The highest BCUT2D eigenvalue weighted by Crippen LogP contribution is 2.38. The molecule has 0 atom stereocenters. The van der Waals surface area contributed by atoms with E-state index in [4.69, 9.17) is 14.2 Å². The highest BCUT2D eigenvalue weighted by atomic mass is 79.9. The van der Waals surface area contributed by atoms with E-state index in [2.05, 4.69) is 37.2 Å². The lowest BCUT2D eigenvalue weighted by molar-refractivity contribution is -0.116. The summed E-state index contributed by atoms with van der Waals surface area (Å²) >= 11 is 6.84. The van der Waals surface area contributed by atoms with Gasteiger partial charge in [0.15, 0.2) is 11.5 Å². The zero-order valence-corrected chi connectivity index (χ0v) is 16.6. The van der Waals surface area contributed by atoms with E-state index in [1.54, 1.807) is 12.1 Å². The molecule has 0 aromatic heterocycles. The number of amides is 1. The van der Waals surface area contributed by atoms with Crippen molar-refractivity contribution in [2.45, 2.75) is 12.8 Å². The van der Waals surface area contributed by atoms with E-state index in [-0.39, 0.29) is 5.91 Å². The predicted octanol–water partition coefficient (Wildman–Crippen LogP) is 4.78. The quantitative estimate of drug-likeness (QED) is 0.617. The summed E-state index contributed by atoms with van der Waals surface area (Å²) in [6.45, 7) is 1.52. The summed E-state index contributed by atoms with van der Waals surface area (Å²) in [5.74, 6) is 2.03. The Morgan fingerprint density at radius 2 is 1.88 bits per heavy atom. The van der Waals surface area contributed by atoms with Gasteiger partial charge in [0.25, 0.3) is 0 Å². The van der Waals surface area contributed by atoms with Crippen LogP contribution in [0.2, 0.25) is 0 Å². The first-order chi connectivity index (χ1) is 12.1. The minimum Gasteiger partial charge on any atom is -0.494 e. The normalized spacial score (nSPS) is 12.6. The molecule has 0 fully saturated rings. The maximum absolute atomic E-state index is 12.1. The van der Waals surface area contributed by atoms with Gasteiger partial charge >= 0.3 is 0 Å². The first-order valence-electron chi connectivity index (χ1n) is 7.89. The van der Waals surface area contributed by atoms with Gasteiger partial charge in [-0.05, 0) is 40.5 Å². The van der Waals surface area contributed by atoms with Crippen LogP contribution in [0.25, 0.3) is 0 Å². The summed E-state index contributed by atoms with van der Waals surface area (Å²) in [7, 11) is 0. The second-order valence-corrected chi connectivity index (χ2v) is 7.20. The molecule has 7 heteroatoms. The van der Waals surface area contributed by atoms with E-state index < -0.39 is 0 Å². The van der Waals surface area contributed by atoms with Gasteiger partial charge in [0.05, 0.1) is 12.3 Å². The third-order valence-corrected chi connectivity index (χ3v) is 4.67. The lowest BCUT2D eigenvalue weighted by Gasteiger charge is -2.20. The SMILES string of the molecule is O=C(CCCOc1cccc(Br)c1)Nc1cc2c(cc1Br)OCCO2. The van der Waals surface area contributed by atoms with E-state index in [0.717, 1.165) is 14.7 Å². The van der Waals surface area contributed by atoms with Crippen molar-refractivity contribution in [1.82, 2.24) is 0 Å². The predicted molar refractivity (Wildman–Crippen MR) is 103 cm³/mol. The minimum atomic E-state index is -0.0739. The molecular formula is C18H17Br2NO4.